The standard InChI is InChI=1S/C47H79N3O17/c1-20-21(2)37(49-50-48)47(61-34(20)17-56-31(12)51)64-38-22(3)26(7)44(59-29(38)10)65-40-24(5)27(8)45(63-36(40)19-58-33(14)53)67-42-30(11)60-46(28(9)41(42)54-15)66-39-23(4)25(6)43(55-16)62-35(39)18-57-32(13)52/h20-30,34-47H,17-19H2,1-16H3/t20-,21-,22+,23+,24?,25?,26?,27?,28?,29?,30-,34?,35?,36-,37?,38-,39-,40-,41?,42+,43-,44-,45+,46-,47+/m0/s1. The van der Waals surface area contributed by atoms with Crippen LogP contribution in [0.2, 0.25) is 0 Å². The van der Waals surface area contributed by atoms with E-state index < -0.39 is 116 Å². The first-order valence-electron chi connectivity index (χ1n) is 24.0. The molecule has 0 aromatic heterocycles. The number of carbonyl (C=O) groups excluding carboxylic acids is 3. The van der Waals surface area contributed by atoms with E-state index in [4.69, 9.17) is 66.3 Å². The van der Waals surface area contributed by atoms with Gasteiger partial charge >= 0.3 is 17.9 Å². The molecule has 10 unspecified atom stereocenters. The summed E-state index contributed by atoms with van der Waals surface area (Å²) >= 11 is 0. The molecule has 0 radical (unpaired) electrons. The summed E-state index contributed by atoms with van der Waals surface area (Å²) in [5.74, 6) is -2.63. The van der Waals surface area contributed by atoms with Crippen LogP contribution in [0.5, 0.6) is 0 Å². The van der Waals surface area contributed by atoms with Crippen molar-refractivity contribution in [1.29, 1.82) is 0 Å². The number of hydrogen-bond donors (Lipinski definition) is 0. The zero-order chi connectivity index (χ0) is 49.6. The highest BCUT2D eigenvalue weighted by Crippen LogP contribution is 2.43. The van der Waals surface area contributed by atoms with E-state index in [0.717, 1.165) is 0 Å². The van der Waals surface area contributed by atoms with E-state index in [0.29, 0.717) is 0 Å². The Morgan fingerprint density at radius 2 is 0.821 bits per heavy atom. The van der Waals surface area contributed by atoms with Gasteiger partial charge in [-0.15, -0.1) is 0 Å². The van der Waals surface area contributed by atoms with Crippen LogP contribution < -0.4 is 0 Å². The van der Waals surface area contributed by atoms with Crippen LogP contribution in [0.4, 0.5) is 0 Å². The minimum absolute atomic E-state index is 0.00304. The van der Waals surface area contributed by atoms with Crippen molar-refractivity contribution in [2.45, 2.75) is 195 Å². The highest BCUT2D eigenvalue weighted by Gasteiger charge is 2.54. The summed E-state index contributed by atoms with van der Waals surface area (Å²) in [5.41, 5.74) is 9.48. The molecule has 384 valence electrons. The lowest BCUT2D eigenvalue weighted by molar-refractivity contribution is -0.368. The van der Waals surface area contributed by atoms with Gasteiger partial charge in [0.15, 0.2) is 31.5 Å². The number of azide groups is 1. The third-order valence-corrected chi connectivity index (χ3v) is 15.3. The molecule has 0 spiro atoms. The maximum Gasteiger partial charge on any atom is 0.302 e. The summed E-state index contributed by atoms with van der Waals surface area (Å²) in [7, 11) is 3.21. The molecule has 0 aliphatic carbocycles. The first-order valence-corrected chi connectivity index (χ1v) is 24.0. The van der Waals surface area contributed by atoms with E-state index in [1.165, 1.54) is 20.8 Å². The average Bonchev–Trinajstić information content (AvgIpc) is 3.27. The Morgan fingerprint density at radius 1 is 0.433 bits per heavy atom. The molecular formula is C47H79N3O17. The minimum atomic E-state index is -0.908. The number of rotatable bonds is 17. The molecule has 5 aliphatic rings. The summed E-state index contributed by atoms with van der Waals surface area (Å²) in [6, 6.07) is -0.627. The van der Waals surface area contributed by atoms with Gasteiger partial charge in [-0.25, -0.2) is 0 Å². The Morgan fingerprint density at radius 3 is 1.30 bits per heavy atom. The molecule has 0 N–H and O–H groups in total. The second kappa shape index (κ2) is 24.4. The lowest BCUT2D eigenvalue weighted by atomic mass is 9.81. The molecule has 0 amide bonds. The highest BCUT2D eigenvalue weighted by atomic mass is 16.8. The van der Waals surface area contributed by atoms with Gasteiger partial charge in [0.25, 0.3) is 0 Å². The first kappa shape index (κ1) is 55.2. The van der Waals surface area contributed by atoms with Gasteiger partial charge in [-0.2, -0.15) is 0 Å². The van der Waals surface area contributed by atoms with Crippen LogP contribution in [0.3, 0.4) is 0 Å². The largest absolute Gasteiger partial charge is 0.463 e. The Kier molecular flexibility index (Phi) is 20.1. The fourth-order valence-electron chi connectivity index (χ4n) is 10.3. The average molecular weight is 958 g/mol. The smallest absolute Gasteiger partial charge is 0.302 e. The van der Waals surface area contributed by atoms with Crippen molar-refractivity contribution in [3.05, 3.63) is 10.4 Å². The van der Waals surface area contributed by atoms with Gasteiger partial charge in [-0.3, -0.25) is 14.4 Å². The third-order valence-electron chi connectivity index (χ3n) is 15.3. The second-order valence-corrected chi connectivity index (χ2v) is 19.7. The molecule has 0 bridgehead atoms. The number of carbonyl (C=O) groups is 3. The van der Waals surface area contributed by atoms with Crippen molar-refractivity contribution in [2.75, 3.05) is 34.0 Å². The molecule has 5 aliphatic heterocycles. The zero-order valence-corrected chi connectivity index (χ0v) is 42.3. The molecule has 20 nitrogen and oxygen atoms in total. The predicted octanol–water partition coefficient (Wildman–Crippen LogP) is 5.95. The van der Waals surface area contributed by atoms with Gasteiger partial charge < -0.3 is 66.3 Å². The Labute approximate surface area is 396 Å². The normalized spacial score (nSPS) is 45.9. The Hall–Kier alpha value is -2.72. The number of ether oxygens (including phenoxy) is 14. The van der Waals surface area contributed by atoms with Crippen molar-refractivity contribution in [3.63, 3.8) is 0 Å². The minimum Gasteiger partial charge on any atom is -0.463 e. The van der Waals surface area contributed by atoms with Crippen molar-refractivity contribution in [1.82, 2.24) is 0 Å². The van der Waals surface area contributed by atoms with E-state index in [2.05, 4.69) is 30.8 Å². The first-order chi connectivity index (χ1) is 31.6. The van der Waals surface area contributed by atoms with Crippen molar-refractivity contribution < 1.29 is 80.7 Å². The van der Waals surface area contributed by atoms with Gasteiger partial charge in [0.05, 0.1) is 48.8 Å². The van der Waals surface area contributed by atoms with Crippen molar-refractivity contribution in [2.24, 2.45) is 58.4 Å². The SMILES string of the molecule is COC1C(C)[C@H](O[C@@H]2C(COC(C)=O)O[C@H](OC)C(C)[C@H]2C)O[C@@H](C)[C@H]1O[C@H]1O[C@@H](COC(C)=O)[C@@H](O[C@@H]2OC(C)[C@@H](O[C@H]3OC(COC(C)=O)[C@@H](C)[C@H](C)C3N=[N+]=[N-])[C@H](C)C2C)C(C)C1C. The molecule has 0 aromatic rings. The van der Waals surface area contributed by atoms with Gasteiger partial charge in [0.2, 0.25) is 0 Å². The van der Waals surface area contributed by atoms with Crippen LogP contribution in [0.1, 0.15) is 96.9 Å². The maximum atomic E-state index is 12.2. The fourth-order valence-corrected chi connectivity index (χ4v) is 10.3. The maximum absolute atomic E-state index is 12.2. The number of nitrogens with zero attached hydrogens (tertiary/aromatic N) is 3. The molecular weight excluding hydrogens is 879 g/mol. The van der Waals surface area contributed by atoms with Crippen LogP contribution in [0.15, 0.2) is 5.11 Å². The van der Waals surface area contributed by atoms with Crippen molar-refractivity contribution >= 4 is 17.9 Å². The molecule has 5 rings (SSSR count). The summed E-state index contributed by atoms with van der Waals surface area (Å²) in [5, 5.41) is 4.07. The van der Waals surface area contributed by atoms with E-state index in [1.54, 1.807) is 14.2 Å². The molecule has 67 heavy (non-hydrogen) atoms. The second-order valence-electron chi connectivity index (χ2n) is 19.7. The van der Waals surface area contributed by atoms with Crippen molar-refractivity contribution in [3.8, 4) is 0 Å². The van der Waals surface area contributed by atoms with Gasteiger partial charge in [0.1, 0.15) is 38.1 Å². The molecule has 0 aromatic carbocycles. The molecule has 25 atom stereocenters. The van der Waals surface area contributed by atoms with Crippen LogP contribution in [-0.2, 0) is 80.7 Å². The highest BCUT2D eigenvalue weighted by molar-refractivity contribution is 5.66. The molecule has 0 saturated carbocycles. The third kappa shape index (κ3) is 13.0. The van der Waals surface area contributed by atoms with E-state index >= 15 is 0 Å². The van der Waals surface area contributed by atoms with Gasteiger partial charge in [-0.05, 0) is 49.0 Å². The predicted molar refractivity (Wildman–Crippen MR) is 237 cm³/mol. The molecule has 5 saturated heterocycles. The van der Waals surface area contributed by atoms with Crippen LogP contribution in [0, 0.1) is 53.3 Å². The van der Waals surface area contributed by atoms with Gasteiger partial charge in [0, 0.05) is 63.6 Å². The van der Waals surface area contributed by atoms with E-state index in [9.17, 15) is 19.9 Å². The van der Waals surface area contributed by atoms with E-state index in [-0.39, 0.29) is 73.1 Å². The molecule has 20 heteroatoms. The number of methoxy groups -OCH3 is 2. The lowest BCUT2D eigenvalue weighted by Crippen LogP contribution is -2.61. The molecule has 5 fully saturated rings. The Bertz CT molecular complexity index is 1670. The van der Waals surface area contributed by atoms with Crippen LogP contribution >= 0.6 is 0 Å². The number of esters is 3. The fraction of sp³-hybridized carbons (Fsp3) is 0.936. The lowest BCUT2D eigenvalue weighted by Gasteiger charge is -2.51. The summed E-state index contributed by atoms with van der Waals surface area (Å²) in [6.45, 7) is 26.0. The zero-order valence-electron chi connectivity index (χ0n) is 42.3. The van der Waals surface area contributed by atoms with E-state index in [1.807, 2.05) is 55.4 Å². The summed E-state index contributed by atoms with van der Waals surface area (Å²) < 4.78 is 87.6. The summed E-state index contributed by atoms with van der Waals surface area (Å²) in [4.78, 5) is 38.8. The Balaban J connectivity index is 1.28. The number of hydrogen-bond acceptors (Lipinski definition) is 18. The summed E-state index contributed by atoms with van der Waals surface area (Å²) in [6.07, 6.45) is -9.00. The van der Waals surface area contributed by atoms with Crippen LogP contribution in [0.25, 0.3) is 10.4 Å². The van der Waals surface area contributed by atoms with Gasteiger partial charge in [-0.1, -0.05) is 67.4 Å². The topological polar surface area (TPSA) is 229 Å². The van der Waals surface area contributed by atoms with Crippen LogP contribution in [-0.4, -0.2) is 150 Å². The monoisotopic (exact) mass is 958 g/mol. The molecule has 5 heterocycles. The quantitative estimate of drug-likeness (QED) is 0.0539.